The molecule has 0 radical (unpaired) electrons. The average Bonchev–Trinajstić information content (AvgIpc) is 2.62. The van der Waals surface area contributed by atoms with Gasteiger partial charge in [0.1, 0.15) is 11.6 Å². The molecule has 0 spiro atoms. The van der Waals surface area contributed by atoms with Crippen molar-refractivity contribution in [2.24, 2.45) is 0 Å². The lowest BCUT2D eigenvalue weighted by Gasteiger charge is -2.19. The van der Waals surface area contributed by atoms with Crippen LogP contribution in [0.4, 0.5) is 14.9 Å². The Labute approximate surface area is 145 Å². The Balaban J connectivity index is 2.02. The monoisotopic (exact) mass is 345 g/mol. The van der Waals surface area contributed by atoms with Gasteiger partial charge in [-0.15, -0.1) is 0 Å². The molecule has 0 bridgehead atoms. The highest BCUT2D eigenvalue weighted by molar-refractivity contribution is 5.94. The summed E-state index contributed by atoms with van der Waals surface area (Å²) in [4.78, 5) is 25.3. The summed E-state index contributed by atoms with van der Waals surface area (Å²) >= 11 is 0. The molecule has 2 rings (SSSR count). The minimum atomic E-state index is -0.445. The van der Waals surface area contributed by atoms with E-state index in [1.165, 1.54) is 30.2 Å². The molecule has 3 amide bonds. The number of hydrogen-bond donors (Lipinski definition) is 2. The lowest BCUT2D eigenvalue weighted by Crippen LogP contribution is -2.31. The molecule has 0 fully saturated rings. The van der Waals surface area contributed by atoms with Gasteiger partial charge in [0.05, 0.1) is 12.8 Å². The van der Waals surface area contributed by atoms with Crippen molar-refractivity contribution < 1.29 is 18.7 Å². The van der Waals surface area contributed by atoms with Crippen LogP contribution in [0.2, 0.25) is 0 Å². The molecule has 2 aromatic carbocycles. The van der Waals surface area contributed by atoms with Gasteiger partial charge in [-0.3, -0.25) is 4.79 Å². The fourth-order valence-electron chi connectivity index (χ4n) is 2.23. The van der Waals surface area contributed by atoms with Gasteiger partial charge in [-0.1, -0.05) is 12.1 Å². The van der Waals surface area contributed by atoms with E-state index in [1.54, 1.807) is 38.4 Å². The predicted molar refractivity (Wildman–Crippen MR) is 93.3 cm³/mol. The number of hydrogen-bond acceptors (Lipinski definition) is 3. The molecule has 0 saturated carbocycles. The van der Waals surface area contributed by atoms with Crippen LogP contribution >= 0.6 is 0 Å². The van der Waals surface area contributed by atoms with Crippen molar-refractivity contribution in [3.8, 4) is 5.75 Å². The minimum absolute atomic E-state index is 0.166. The molecule has 0 aliphatic rings. The number of urea groups is 1. The standard InChI is InChI=1S/C18H20FN3O3/c1-20-17(23)13-6-4-12(5-7-13)11-22(2)18(24)21-15-9-8-14(19)10-16(15)25-3/h4-10H,11H2,1-3H3,(H,20,23)(H,21,24). The molecule has 25 heavy (non-hydrogen) atoms. The molecular formula is C18H20FN3O3. The van der Waals surface area contributed by atoms with E-state index in [0.717, 1.165) is 5.56 Å². The van der Waals surface area contributed by atoms with Crippen molar-refractivity contribution in [2.75, 3.05) is 26.5 Å². The highest BCUT2D eigenvalue weighted by Crippen LogP contribution is 2.25. The van der Waals surface area contributed by atoms with Crippen LogP contribution in [0.3, 0.4) is 0 Å². The Morgan fingerprint density at radius 1 is 1.16 bits per heavy atom. The average molecular weight is 345 g/mol. The van der Waals surface area contributed by atoms with Gasteiger partial charge in [-0.05, 0) is 29.8 Å². The zero-order chi connectivity index (χ0) is 18.4. The summed E-state index contributed by atoms with van der Waals surface area (Å²) in [7, 11) is 4.61. The topological polar surface area (TPSA) is 70.7 Å². The highest BCUT2D eigenvalue weighted by Gasteiger charge is 2.13. The lowest BCUT2D eigenvalue weighted by molar-refractivity contribution is 0.0963. The second-order valence-corrected chi connectivity index (χ2v) is 5.41. The van der Waals surface area contributed by atoms with E-state index < -0.39 is 5.82 Å². The Bertz CT molecular complexity index is 763. The maximum absolute atomic E-state index is 13.2. The fraction of sp³-hybridized carbons (Fsp3) is 0.222. The Morgan fingerprint density at radius 3 is 2.44 bits per heavy atom. The molecule has 2 N–H and O–H groups in total. The second-order valence-electron chi connectivity index (χ2n) is 5.41. The smallest absolute Gasteiger partial charge is 0.321 e. The van der Waals surface area contributed by atoms with E-state index in [9.17, 15) is 14.0 Å². The van der Waals surface area contributed by atoms with Gasteiger partial charge in [-0.2, -0.15) is 0 Å². The van der Waals surface area contributed by atoms with Crippen LogP contribution in [-0.4, -0.2) is 38.0 Å². The third-order valence-corrected chi connectivity index (χ3v) is 3.61. The first-order valence-electron chi connectivity index (χ1n) is 7.61. The van der Waals surface area contributed by atoms with E-state index in [2.05, 4.69) is 10.6 Å². The molecule has 0 aliphatic carbocycles. The minimum Gasteiger partial charge on any atom is -0.494 e. The first kappa shape index (κ1) is 18.3. The first-order chi connectivity index (χ1) is 11.9. The normalized spacial score (nSPS) is 10.1. The SMILES string of the molecule is CNC(=O)c1ccc(CN(C)C(=O)Nc2ccc(F)cc2OC)cc1. The van der Waals surface area contributed by atoms with Crippen LogP contribution in [0, 0.1) is 5.82 Å². The van der Waals surface area contributed by atoms with Crippen molar-refractivity contribution >= 4 is 17.6 Å². The number of ether oxygens (including phenoxy) is 1. The maximum atomic E-state index is 13.2. The molecule has 132 valence electrons. The summed E-state index contributed by atoms with van der Waals surface area (Å²) in [6.45, 7) is 0.351. The number of anilines is 1. The Kier molecular flexibility index (Phi) is 5.94. The van der Waals surface area contributed by atoms with Gasteiger partial charge in [0.25, 0.3) is 5.91 Å². The van der Waals surface area contributed by atoms with E-state index >= 15 is 0 Å². The summed E-state index contributed by atoms with van der Waals surface area (Å²) < 4.78 is 18.3. The van der Waals surface area contributed by atoms with Gasteiger partial charge < -0.3 is 20.3 Å². The number of carbonyl (C=O) groups is 2. The van der Waals surface area contributed by atoms with Crippen molar-refractivity contribution in [1.82, 2.24) is 10.2 Å². The highest BCUT2D eigenvalue weighted by atomic mass is 19.1. The van der Waals surface area contributed by atoms with Crippen molar-refractivity contribution in [3.63, 3.8) is 0 Å². The summed E-state index contributed by atoms with van der Waals surface area (Å²) in [5, 5.41) is 5.23. The maximum Gasteiger partial charge on any atom is 0.321 e. The third-order valence-electron chi connectivity index (χ3n) is 3.61. The van der Waals surface area contributed by atoms with Gasteiger partial charge in [0.15, 0.2) is 0 Å². The number of rotatable bonds is 5. The van der Waals surface area contributed by atoms with E-state index in [1.807, 2.05) is 0 Å². The molecular weight excluding hydrogens is 325 g/mol. The summed E-state index contributed by atoms with van der Waals surface area (Å²) in [6.07, 6.45) is 0. The first-order valence-corrected chi connectivity index (χ1v) is 7.61. The van der Waals surface area contributed by atoms with Gasteiger partial charge >= 0.3 is 6.03 Å². The van der Waals surface area contributed by atoms with Crippen LogP contribution in [0.1, 0.15) is 15.9 Å². The van der Waals surface area contributed by atoms with Gasteiger partial charge in [0, 0.05) is 32.3 Å². The molecule has 0 aliphatic heterocycles. The number of nitrogens with zero attached hydrogens (tertiary/aromatic N) is 1. The van der Waals surface area contributed by atoms with Gasteiger partial charge in [0.2, 0.25) is 0 Å². The predicted octanol–water partition coefficient (Wildman–Crippen LogP) is 2.86. The van der Waals surface area contributed by atoms with Crippen molar-refractivity contribution in [2.45, 2.75) is 6.54 Å². The number of amides is 3. The molecule has 0 heterocycles. The molecule has 7 heteroatoms. The van der Waals surface area contributed by atoms with E-state index in [4.69, 9.17) is 4.74 Å². The van der Waals surface area contributed by atoms with Crippen LogP contribution in [0.25, 0.3) is 0 Å². The second kappa shape index (κ2) is 8.14. The number of nitrogens with one attached hydrogen (secondary N) is 2. The van der Waals surface area contributed by atoms with E-state index in [-0.39, 0.29) is 17.7 Å². The molecule has 0 unspecified atom stereocenters. The largest absolute Gasteiger partial charge is 0.494 e. The Morgan fingerprint density at radius 2 is 1.84 bits per heavy atom. The fourth-order valence-corrected chi connectivity index (χ4v) is 2.23. The van der Waals surface area contributed by atoms with E-state index in [0.29, 0.717) is 17.8 Å². The summed E-state index contributed by atoms with van der Waals surface area (Å²) in [5.74, 6) is -0.364. The molecule has 0 aromatic heterocycles. The third kappa shape index (κ3) is 4.69. The Hall–Kier alpha value is -3.09. The zero-order valence-corrected chi connectivity index (χ0v) is 14.3. The van der Waals surface area contributed by atoms with Crippen LogP contribution < -0.4 is 15.4 Å². The van der Waals surface area contributed by atoms with Crippen molar-refractivity contribution in [1.29, 1.82) is 0 Å². The number of halogens is 1. The van der Waals surface area contributed by atoms with Crippen LogP contribution in [0.15, 0.2) is 42.5 Å². The lowest BCUT2D eigenvalue weighted by atomic mass is 10.1. The number of carbonyl (C=O) groups excluding carboxylic acids is 2. The van der Waals surface area contributed by atoms with Crippen LogP contribution in [-0.2, 0) is 6.54 Å². The summed E-state index contributed by atoms with van der Waals surface area (Å²) in [6, 6.07) is 10.5. The molecule has 0 atom stereocenters. The van der Waals surface area contributed by atoms with Gasteiger partial charge in [-0.25, -0.2) is 9.18 Å². The van der Waals surface area contributed by atoms with Crippen LogP contribution in [0.5, 0.6) is 5.75 Å². The molecule has 0 saturated heterocycles. The van der Waals surface area contributed by atoms with Crippen molar-refractivity contribution in [3.05, 3.63) is 59.4 Å². The quantitative estimate of drug-likeness (QED) is 0.875. The molecule has 2 aromatic rings. The number of benzene rings is 2. The summed E-state index contributed by atoms with van der Waals surface area (Å²) in [5.41, 5.74) is 1.81. The zero-order valence-electron chi connectivity index (χ0n) is 14.3. The molecule has 6 nitrogen and oxygen atoms in total. The number of methoxy groups -OCH3 is 1.